The first-order valence-corrected chi connectivity index (χ1v) is 7.62. The van der Waals surface area contributed by atoms with Gasteiger partial charge in [0.25, 0.3) is 0 Å². The molecule has 14 heavy (non-hydrogen) atoms. The minimum absolute atomic E-state index is 0.644. The molecule has 1 nitrogen and oxygen atoms in total. The average molecular weight is 231 g/mol. The predicted octanol–water partition coefficient (Wildman–Crippen LogP) is 2.78. The van der Waals surface area contributed by atoms with E-state index >= 15 is 0 Å². The van der Waals surface area contributed by atoms with Crippen LogP contribution in [0.1, 0.15) is 19.8 Å². The van der Waals surface area contributed by atoms with Gasteiger partial charge in [0.05, 0.1) is 0 Å². The van der Waals surface area contributed by atoms with E-state index in [0.717, 1.165) is 18.2 Å². The molecule has 3 heteroatoms. The van der Waals surface area contributed by atoms with Crippen molar-refractivity contribution in [3.05, 3.63) is 12.7 Å². The van der Waals surface area contributed by atoms with Crippen molar-refractivity contribution < 1.29 is 0 Å². The molecule has 0 aromatic heterocycles. The van der Waals surface area contributed by atoms with E-state index < -0.39 is 0 Å². The van der Waals surface area contributed by atoms with Crippen LogP contribution in [-0.2, 0) is 0 Å². The standard InChI is InChI=1S/C11H21NS2/c1-3-5-10(12-6-4-2)11-9-13-7-8-14-11/h3,10-12H,1,4-9H2,2H3. The summed E-state index contributed by atoms with van der Waals surface area (Å²) in [6.45, 7) is 7.21. The molecule has 0 radical (unpaired) electrons. The van der Waals surface area contributed by atoms with Crippen LogP contribution < -0.4 is 5.32 Å². The Balaban J connectivity index is 2.34. The zero-order valence-corrected chi connectivity index (χ0v) is 10.6. The first kappa shape index (κ1) is 12.5. The molecule has 0 aromatic carbocycles. The van der Waals surface area contributed by atoms with Gasteiger partial charge in [-0.15, -0.1) is 6.58 Å². The molecule has 1 aliphatic rings. The van der Waals surface area contributed by atoms with Crippen LogP contribution in [0.4, 0.5) is 0 Å². The van der Waals surface area contributed by atoms with Gasteiger partial charge in [-0.3, -0.25) is 0 Å². The predicted molar refractivity (Wildman–Crippen MR) is 70.5 cm³/mol. The van der Waals surface area contributed by atoms with Crippen molar-refractivity contribution in [1.82, 2.24) is 5.32 Å². The fourth-order valence-electron chi connectivity index (χ4n) is 1.61. The van der Waals surface area contributed by atoms with Crippen molar-refractivity contribution in [2.75, 3.05) is 23.8 Å². The van der Waals surface area contributed by atoms with Gasteiger partial charge in [0, 0.05) is 28.6 Å². The van der Waals surface area contributed by atoms with Crippen molar-refractivity contribution >= 4 is 23.5 Å². The topological polar surface area (TPSA) is 12.0 Å². The lowest BCUT2D eigenvalue weighted by Gasteiger charge is -2.29. The summed E-state index contributed by atoms with van der Waals surface area (Å²) >= 11 is 4.23. The highest BCUT2D eigenvalue weighted by molar-refractivity contribution is 8.06. The zero-order valence-electron chi connectivity index (χ0n) is 9.00. The Bertz CT molecular complexity index is 155. The van der Waals surface area contributed by atoms with Gasteiger partial charge in [-0.25, -0.2) is 0 Å². The summed E-state index contributed by atoms with van der Waals surface area (Å²) in [5, 5.41) is 4.42. The third-order valence-electron chi connectivity index (χ3n) is 2.37. The van der Waals surface area contributed by atoms with Gasteiger partial charge in [0.2, 0.25) is 0 Å². The Morgan fingerprint density at radius 1 is 1.57 bits per heavy atom. The highest BCUT2D eigenvalue weighted by Crippen LogP contribution is 2.27. The summed E-state index contributed by atoms with van der Waals surface area (Å²) < 4.78 is 0. The molecule has 1 rings (SSSR count). The third-order valence-corrected chi connectivity index (χ3v) is 5.29. The molecule has 1 saturated heterocycles. The summed E-state index contributed by atoms with van der Waals surface area (Å²) in [6.07, 6.45) is 4.38. The number of nitrogens with one attached hydrogen (secondary N) is 1. The van der Waals surface area contributed by atoms with Crippen LogP contribution in [0.25, 0.3) is 0 Å². The molecule has 0 spiro atoms. The maximum absolute atomic E-state index is 3.85. The third kappa shape index (κ3) is 4.28. The lowest BCUT2D eigenvalue weighted by Crippen LogP contribution is -2.41. The molecule has 82 valence electrons. The molecule has 1 heterocycles. The number of hydrogen-bond acceptors (Lipinski definition) is 3. The van der Waals surface area contributed by atoms with Gasteiger partial charge in [-0.2, -0.15) is 23.5 Å². The normalized spacial score (nSPS) is 24.5. The first-order valence-electron chi connectivity index (χ1n) is 5.42. The zero-order chi connectivity index (χ0) is 10.2. The van der Waals surface area contributed by atoms with E-state index in [2.05, 4.69) is 42.3 Å². The van der Waals surface area contributed by atoms with Gasteiger partial charge in [0.1, 0.15) is 0 Å². The second-order valence-corrected chi connectivity index (χ2v) is 6.07. The van der Waals surface area contributed by atoms with Crippen molar-refractivity contribution in [1.29, 1.82) is 0 Å². The molecule has 1 fully saturated rings. The summed E-state index contributed by atoms with van der Waals surface area (Å²) in [4.78, 5) is 0. The summed E-state index contributed by atoms with van der Waals surface area (Å²) in [6, 6.07) is 0.644. The molecular formula is C11H21NS2. The van der Waals surface area contributed by atoms with Gasteiger partial charge < -0.3 is 5.32 Å². The van der Waals surface area contributed by atoms with Crippen LogP contribution in [0.3, 0.4) is 0 Å². The number of thioether (sulfide) groups is 2. The second kappa shape index (κ2) is 7.66. The molecule has 2 atom stereocenters. The molecular weight excluding hydrogens is 210 g/mol. The molecule has 0 saturated carbocycles. The van der Waals surface area contributed by atoms with Crippen molar-refractivity contribution in [2.45, 2.75) is 31.1 Å². The van der Waals surface area contributed by atoms with Gasteiger partial charge in [0.15, 0.2) is 0 Å². The van der Waals surface area contributed by atoms with Crippen molar-refractivity contribution in [3.63, 3.8) is 0 Å². The summed E-state index contributed by atoms with van der Waals surface area (Å²) in [5.74, 6) is 3.95. The Morgan fingerprint density at radius 2 is 2.43 bits per heavy atom. The van der Waals surface area contributed by atoms with Crippen LogP contribution in [0.15, 0.2) is 12.7 Å². The Kier molecular flexibility index (Phi) is 6.82. The Morgan fingerprint density at radius 3 is 3.00 bits per heavy atom. The molecule has 0 amide bonds. The fourth-order valence-corrected chi connectivity index (χ4v) is 4.52. The molecule has 1 aliphatic heterocycles. The molecule has 0 aromatic rings. The van der Waals surface area contributed by atoms with E-state index in [4.69, 9.17) is 0 Å². The molecule has 2 unspecified atom stereocenters. The summed E-state index contributed by atoms with van der Waals surface area (Å²) in [5.41, 5.74) is 0. The Hall–Kier alpha value is 0.400. The van der Waals surface area contributed by atoms with Crippen LogP contribution in [0.5, 0.6) is 0 Å². The monoisotopic (exact) mass is 231 g/mol. The number of hydrogen-bond donors (Lipinski definition) is 1. The quantitative estimate of drug-likeness (QED) is 0.706. The minimum Gasteiger partial charge on any atom is -0.313 e. The highest BCUT2D eigenvalue weighted by atomic mass is 32.2. The lowest BCUT2D eigenvalue weighted by molar-refractivity contribution is 0.513. The highest BCUT2D eigenvalue weighted by Gasteiger charge is 2.22. The smallest absolute Gasteiger partial charge is 0.0295 e. The summed E-state index contributed by atoms with van der Waals surface area (Å²) in [7, 11) is 0. The minimum atomic E-state index is 0.644. The maximum atomic E-state index is 3.85. The first-order chi connectivity index (χ1) is 6.88. The maximum Gasteiger partial charge on any atom is 0.0295 e. The van der Waals surface area contributed by atoms with E-state index in [9.17, 15) is 0 Å². The van der Waals surface area contributed by atoms with E-state index in [1.165, 1.54) is 23.7 Å². The van der Waals surface area contributed by atoms with Crippen molar-refractivity contribution in [2.24, 2.45) is 0 Å². The lowest BCUT2D eigenvalue weighted by atomic mass is 10.1. The van der Waals surface area contributed by atoms with E-state index in [1.807, 2.05) is 6.08 Å². The van der Waals surface area contributed by atoms with E-state index in [0.29, 0.717) is 6.04 Å². The largest absolute Gasteiger partial charge is 0.313 e. The van der Waals surface area contributed by atoms with E-state index in [1.54, 1.807) is 0 Å². The molecule has 1 N–H and O–H groups in total. The molecule has 0 bridgehead atoms. The van der Waals surface area contributed by atoms with Gasteiger partial charge in [-0.05, 0) is 19.4 Å². The van der Waals surface area contributed by atoms with Crippen molar-refractivity contribution in [3.8, 4) is 0 Å². The van der Waals surface area contributed by atoms with Crippen LogP contribution >= 0.6 is 23.5 Å². The molecule has 0 aliphatic carbocycles. The van der Waals surface area contributed by atoms with Crippen LogP contribution in [0, 0.1) is 0 Å². The second-order valence-electron chi connectivity index (χ2n) is 3.57. The number of rotatable bonds is 6. The van der Waals surface area contributed by atoms with E-state index in [-0.39, 0.29) is 0 Å². The van der Waals surface area contributed by atoms with Crippen LogP contribution in [0.2, 0.25) is 0 Å². The average Bonchev–Trinajstić information content (AvgIpc) is 2.25. The van der Waals surface area contributed by atoms with Crippen LogP contribution in [-0.4, -0.2) is 35.1 Å². The Labute approximate surface area is 96.5 Å². The van der Waals surface area contributed by atoms with Gasteiger partial charge >= 0.3 is 0 Å². The SMILES string of the molecule is C=CCC(NCCC)C1CSCCS1. The van der Waals surface area contributed by atoms with Gasteiger partial charge in [-0.1, -0.05) is 13.0 Å². The fraction of sp³-hybridized carbons (Fsp3) is 0.818.